The Morgan fingerprint density at radius 1 is 1.16 bits per heavy atom. The lowest BCUT2D eigenvalue weighted by Crippen LogP contribution is -2.28. The van der Waals surface area contributed by atoms with Crippen LogP contribution in [0, 0.1) is 10.1 Å². The molecule has 0 spiro atoms. The third-order valence-corrected chi connectivity index (χ3v) is 5.97. The molecule has 0 atom stereocenters. The van der Waals surface area contributed by atoms with Gasteiger partial charge in [-0.2, -0.15) is 0 Å². The van der Waals surface area contributed by atoms with E-state index < -0.39 is 4.92 Å². The fourth-order valence-corrected chi connectivity index (χ4v) is 4.20. The standard InChI is InChI=1S/C24H20N4O3S/c1-2-17-7-11-21-22(14-17)32-24(26-21)27(16-19-4-3-13-25-15-19)23(29)12-8-18-5-9-20(10-6-18)28(30)31/h3-15H,2,16H2,1H3/b12-8-. The molecule has 4 rings (SSSR count). The molecular weight excluding hydrogens is 424 g/mol. The van der Waals surface area contributed by atoms with Crippen molar-refractivity contribution in [2.24, 2.45) is 0 Å². The number of fused-ring (bicyclic) bond motifs is 1. The molecule has 32 heavy (non-hydrogen) atoms. The maximum Gasteiger partial charge on any atom is 0.269 e. The highest BCUT2D eigenvalue weighted by Gasteiger charge is 2.19. The first kappa shape index (κ1) is 21.3. The number of aryl methyl sites for hydroxylation is 1. The summed E-state index contributed by atoms with van der Waals surface area (Å²) in [6.45, 7) is 2.43. The number of carbonyl (C=O) groups is 1. The summed E-state index contributed by atoms with van der Waals surface area (Å²) in [4.78, 5) is 34.0. The third-order valence-electron chi connectivity index (χ3n) is 4.93. The Morgan fingerprint density at radius 3 is 2.66 bits per heavy atom. The maximum absolute atomic E-state index is 13.2. The number of carbonyl (C=O) groups excluding carboxylic acids is 1. The lowest BCUT2D eigenvalue weighted by molar-refractivity contribution is -0.384. The Kier molecular flexibility index (Phi) is 6.32. The molecule has 0 radical (unpaired) electrons. The van der Waals surface area contributed by atoms with Gasteiger partial charge in [-0.05, 0) is 59.5 Å². The number of anilines is 1. The average molecular weight is 445 g/mol. The van der Waals surface area contributed by atoms with Crippen LogP contribution in [0.1, 0.15) is 23.6 Å². The monoisotopic (exact) mass is 444 g/mol. The molecule has 8 heteroatoms. The lowest BCUT2D eigenvalue weighted by Gasteiger charge is -2.18. The van der Waals surface area contributed by atoms with Crippen LogP contribution in [-0.4, -0.2) is 20.8 Å². The second kappa shape index (κ2) is 9.49. The van der Waals surface area contributed by atoms with E-state index in [2.05, 4.69) is 23.0 Å². The number of pyridine rings is 1. The van der Waals surface area contributed by atoms with Crippen LogP contribution in [0.25, 0.3) is 16.3 Å². The quantitative estimate of drug-likeness (QED) is 0.216. The van der Waals surface area contributed by atoms with Gasteiger partial charge < -0.3 is 0 Å². The molecule has 0 aliphatic carbocycles. The predicted octanol–water partition coefficient (Wildman–Crippen LogP) is 5.41. The Labute approximate surface area is 188 Å². The van der Waals surface area contributed by atoms with Gasteiger partial charge in [-0.1, -0.05) is 30.4 Å². The van der Waals surface area contributed by atoms with Crippen molar-refractivity contribution < 1.29 is 9.72 Å². The summed E-state index contributed by atoms with van der Waals surface area (Å²) in [6.07, 6.45) is 7.45. The normalized spacial score (nSPS) is 11.2. The van der Waals surface area contributed by atoms with Gasteiger partial charge in [0.05, 0.1) is 21.7 Å². The van der Waals surface area contributed by atoms with Gasteiger partial charge in [-0.25, -0.2) is 4.98 Å². The molecule has 7 nitrogen and oxygen atoms in total. The zero-order chi connectivity index (χ0) is 22.5. The zero-order valence-corrected chi connectivity index (χ0v) is 18.2. The van der Waals surface area contributed by atoms with Crippen LogP contribution in [0.3, 0.4) is 0 Å². The van der Waals surface area contributed by atoms with Crippen LogP contribution in [0.5, 0.6) is 0 Å². The number of nitro benzene ring substituents is 1. The van der Waals surface area contributed by atoms with Crippen LogP contribution in [-0.2, 0) is 17.8 Å². The Bertz CT molecular complexity index is 1280. The predicted molar refractivity (Wildman–Crippen MR) is 127 cm³/mol. The van der Waals surface area contributed by atoms with E-state index in [0.29, 0.717) is 17.2 Å². The number of hydrogen-bond donors (Lipinski definition) is 0. The van der Waals surface area contributed by atoms with Gasteiger partial charge in [0.25, 0.3) is 11.6 Å². The van der Waals surface area contributed by atoms with Crippen LogP contribution in [0.4, 0.5) is 10.8 Å². The van der Waals surface area contributed by atoms with Crippen LogP contribution >= 0.6 is 11.3 Å². The minimum absolute atomic E-state index is 0.00704. The van der Waals surface area contributed by atoms with E-state index in [9.17, 15) is 14.9 Å². The minimum Gasteiger partial charge on any atom is -0.280 e. The summed E-state index contributed by atoms with van der Waals surface area (Å²) in [5.41, 5.74) is 3.66. The summed E-state index contributed by atoms with van der Waals surface area (Å²) >= 11 is 1.47. The highest BCUT2D eigenvalue weighted by Crippen LogP contribution is 2.31. The van der Waals surface area contributed by atoms with Crippen molar-refractivity contribution >= 4 is 44.4 Å². The minimum atomic E-state index is -0.453. The molecule has 2 aromatic heterocycles. The molecule has 0 saturated carbocycles. The second-order valence-corrected chi connectivity index (χ2v) is 8.13. The number of rotatable bonds is 7. The molecule has 1 amide bonds. The average Bonchev–Trinajstić information content (AvgIpc) is 3.24. The fraction of sp³-hybridized carbons (Fsp3) is 0.125. The summed E-state index contributed by atoms with van der Waals surface area (Å²) in [5, 5.41) is 11.4. The van der Waals surface area contributed by atoms with E-state index >= 15 is 0 Å². The van der Waals surface area contributed by atoms with Crippen molar-refractivity contribution in [1.29, 1.82) is 0 Å². The molecule has 0 aliphatic heterocycles. The second-order valence-electron chi connectivity index (χ2n) is 7.12. The zero-order valence-electron chi connectivity index (χ0n) is 17.3. The molecule has 2 heterocycles. The molecule has 0 N–H and O–H groups in total. The number of benzene rings is 2. The number of nitro groups is 1. The number of aromatic nitrogens is 2. The first-order valence-corrected chi connectivity index (χ1v) is 10.9. The Hall–Kier alpha value is -3.91. The third kappa shape index (κ3) is 4.87. The van der Waals surface area contributed by atoms with E-state index in [0.717, 1.165) is 22.2 Å². The van der Waals surface area contributed by atoms with Gasteiger partial charge in [0.15, 0.2) is 5.13 Å². The summed E-state index contributed by atoms with van der Waals surface area (Å²) in [6, 6.07) is 15.9. The van der Waals surface area contributed by atoms with E-state index in [1.165, 1.54) is 35.1 Å². The van der Waals surface area contributed by atoms with Gasteiger partial charge in [0.2, 0.25) is 0 Å². The molecule has 0 bridgehead atoms. The molecule has 0 fully saturated rings. The number of hydrogen-bond acceptors (Lipinski definition) is 6. The van der Waals surface area contributed by atoms with Crippen LogP contribution in [0.15, 0.2) is 73.1 Å². The van der Waals surface area contributed by atoms with E-state index in [4.69, 9.17) is 0 Å². The van der Waals surface area contributed by atoms with E-state index in [-0.39, 0.29) is 11.6 Å². The molecule has 0 saturated heterocycles. The molecular formula is C24H20N4O3S. The van der Waals surface area contributed by atoms with Crippen LogP contribution < -0.4 is 4.90 Å². The molecule has 0 unspecified atom stereocenters. The van der Waals surface area contributed by atoms with Gasteiger partial charge >= 0.3 is 0 Å². The van der Waals surface area contributed by atoms with Crippen LogP contribution in [0.2, 0.25) is 0 Å². The van der Waals surface area contributed by atoms with Gasteiger partial charge in [-0.3, -0.25) is 24.8 Å². The maximum atomic E-state index is 13.2. The van der Waals surface area contributed by atoms with E-state index in [1.807, 2.05) is 24.3 Å². The fourth-order valence-electron chi connectivity index (χ4n) is 3.17. The Morgan fingerprint density at radius 2 is 1.97 bits per heavy atom. The van der Waals surface area contributed by atoms with Gasteiger partial charge in [0.1, 0.15) is 0 Å². The number of thiazole rings is 1. The largest absolute Gasteiger partial charge is 0.280 e. The molecule has 4 aromatic rings. The van der Waals surface area contributed by atoms with E-state index in [1.54, 1.807) is 35.5 Å². The summed E-state index contributed by atoms with van der Waals surface area (Å²) in [7, 11) is 0. The topological polar surface area (TPSA) is 89.2 Å². The summed E-state index contributed by atoms with van der Waals surface area (Å²) < 4.78 is 1.03. The number of nitrogens with zero attached hydrogens (tertiary/aromatic N) is 4. The van der Waals surface area contributed by atoms with Crippen molar-refractivity contribution in [1.82, 2.24) is 9.97 Å². The summed E-state index contributed by atoms with van der Waals surface area (Å²) in [5.74, 6) is -0.234. The number of non-ortho nitro benzene ring substituents is 1. The smallest absolute Gasteiger partial charge is 0.269 e. The van der Waals surface area contributed by atoms with Crippen molar-refractivity contribution in [3.8, 4) is 0 Å². The highest BCUT2D eigenvalue weighted by molar-refractivity contribution is 7.22. The number of amides is 1. The van der Waals surface area contributed by atoms with Crippen molar-refractivity contribution in [2.75, 3.05) is 4.90 Å². The molecule has 0 aliphatic rings. The van der Waals surface area contributed by atoms with Gasteiger partial charge in [-0.15, -0.1) is 0 Å². The van der Waals surface area contributed by atoms with Crippen molar-refractivity contribution in [3.05, 3.63) is 99.9 Å². The molecule has 2 aromatic carbocycles. The first-order valence-electron chi connectivity index (χ1n) is 10.1. The highest BCUT2D eigenvalue weighted by atomic mass is 32.1. The molecule has 160 valence electrons. The van der Waals surface area contributed by atoms with Gasteiger partial charge in [0, 0.05) is 30.6 Å². The lowest BCUT2D eigenvalue weighted by atomic mass is 10.2. The first-order chi connectivity index (χ1) is 15.5. The Balaban J connectivity index is 1.64. The SMILES string of the molecule is CCc1ccc2nc(N(Cc3cccnc3)C(=O)/C=C\c3ccc([N+](=O)[O-])cc3)sc2c1. The van der Waals surface area contributed by atoms with Crippen molar-refractivity contribution in [2.45, 2.75) is 19.9 Å². The van der Waals surface area contributed by atoms with Crippen molar-refractivity contribution in [3.63, 3.8) is 0 Å².